The van der Waals surface area contributed by atoms with Crippen LogP contribution in [-0.4, -0.2) is 25.4 Å². The van der Waals surface area contributed by atoms with Crippen LogP contribution in [0.1, 0.15) is 26.7 Å². The second-order valence-corrected chi connectivity index (χ2v) is 4.98. The van der Waals surface area contributed by atoms with E-state index in [0.29, 0.717) is 6.42 Å². The predicted octanol–water partition coefficient (Wildman–Crippen LogP) is 2.22. The highest BCUT2D eigenvalue weighted by molar-refractivity contribution is 5.93. The van der Waals surface area contributed by atoms with Gasteiger partial charge in [-0.2, -0.15) is 0 Å². The van der Waals surface area contributed by atoms with Crippen LogP contribution in [0.5, 0.6) is 0 Å². The van der Waals surface area contributed by atoms with Gasteiger partial charge in [0.1, 0.15) is 0 Å². The van der Waals surface area contributed by atoms with E-state index in [9.17, 15) is 9.59 Å². The van der Waals surface area contributed by atoms with E-state index in [-0.39, 0.29) is 17.7 Å². The third-order valence-electron chi connectivity index (χ3n) is 2.79. The van der Waals surface area contributed by atoms with E-state index in [1.54, 1.807) is 24.3 Å². The number of rotatable bonds is 7. The smallest absolute Gasteiger partial charge is 0.226 e. The Morgan fingerprint density at radius 3 is 2.10 bits per heavy atom. The van der Waals surface area contributed by atoms with Gasteiger partial charge in [0.25, 0.3) is 0 Å². The molecule has 0 radical (unpaired) electrons. The van der Waals surface area contributed by atoms with E-state index in [2.05, 4.69) is 16.0 Å². The molecular formula is C15H23N3O2. The number of hydrogen-bond donors (Lipinski definition) is 3. The van der Waals surface area contributed by atoms with Crippen LogP contribution >= 0.6 is 0 Å². The quantitative estimate of drug-likeness (QED) is 0.669. The van der Waals surface area contributed by atoms with Crippen molar-refractivity contribution in [3.63, 3.8) is 0 Å². The van der Waals surface area contributed by atoms with Crippen molar-refractivity contribution in [2.45, 2.75) is 26.7 Å². The van der Waals surface area contributed by atoms with E-state index >= 15 is 0 Å². The minimum absolute atomic E-state index is 0.000726. The minimum Gasteiger partial charge on any atom is -0.326 e. The maximum atomic E-state index is 11.6. The number of hydrogen-bond acceptors (Lipinski definition) is 3. The van der Waals surface area contributed by atoms with E-state index in [1.165, 1.54) is 0 Å². The van der Waals surface area contributed by atoms with Gasteiger partial charge in [-0.25, -0.2) is 0 Å². The van der Waals surface area contributed by atoms with Gasteiger partial charge in [0.15, 0.2) is 0 Å². The summed E-state index contributed by atoms with van der Waals surface area (Å²) in [6.07, 6.45) is 1.30. The van der Waals surface area contributed by atoms with E-state index in [4.69, 9.17) is 0 Å². The maximum absolute atomic E-state index is 11.6. The fraction of sp³-hybridized carbons (Fsp3) is 0.467. The first-order chi connectivity index (χ1) is 9.52. The number of carbonyl (C=O) groups excluding carboxylic acids is 2. The lowest BCUT2D eigenvalue weighted by Crippen LogP contribution is -2.18. The van der Waals surface area contributed by atoms with Gasteiger partial charge < -0.3 is 16.0 Å². The molecule has 0 saturated carbocycles. The summed E-state index contributed by atoms with van der Waals surface area (Å²) in [5.41, 5.74) is 1.47. The van der Waals surface area contributed by atoms with E-state index < -0.39 is 0 Å². The molecule has 0 aliphatic carbocycles. The van der Waals surface area contributed by atoms with Crippen molar-refractivity contribution in [2.75, 3.05) is 24.2 Å². The molecule has 1 aromatic carbocycles. The summed E-state index contributed by atoms with van der Waals surface area (Å²) in [5.74, 6) is -0.0744. The van der Waals surface area contributed by atoms with Crippen LogP contribution in [0, 0.1) is 5.92 Å². The average Bonchev–Trinajstić information content (AvgIpc) is 2.41. The summed E-state index contributed by atoms with van der Waals surface area (Å²) in [7, 11) is 1.86. The molecule has 1 aromatic rings. The Hall–Kier alpha value is -1.88. The first-order valence-corrected chi connectivity index (χ1v) is 6.88. The van der Waals surface area contributed by atoms with Gasteiger partial charge in [-0.15, -0.1) is 0 Å². The number of benzene rings is 1. The molecule has 0 bridgehead atoms. The molecule has 0 unspecified atom stereocenters. The normalized spacial score (nSPS) is 10.4. The molecule has 1 rings (SSSR count). The second-order valence-electron chi connectivity index (χ2n) is 4.98. The zero-order chi connectivity index (χ0) is 15.0. The summed E-state index contributed by atoms with van der Waals surface area (Å²) >= 11 is 0. The highest BCUT2D eigenvalue weighted by Crippen LogP contribution is 2.14. The molecule has 5 heteroatoms. The first kappa shape index (κ1) is 16.2. The van der Waals surface area contributed by atoms with Gasteiger partial charge in [-0.05, 0) is 44.3 Å². The average molecular weight is 277 g/mol. The summed E-state index contributed by atoms with van der Waals surface area (Å²) in [6, 6.07) is 7.13. The molecule has 0 fully saturated rings. The second kappa shape index (κ2) is 8.32. The highest BCUT2D eigenvalue weighted by Gasteiger charge is 2.07. The van der Waals surface area contributed by atoms with Gasteiger partial charge in [0.2, 0.25) is 11.8 Å². The zero-order valence-corrected chi connectivity index (χ0v) is 12.3. The van der Waals surface area contributed by atoms with Crippen molar-refractivity contribution in [2.24, 2.45) is 5.92 Å². The molecule has 0 aliphatic rings. The summed E-state index contributed by atoms with van der Waals surface area (Å²) in [5, 5.41) is 8.63. The van der Waals surface area contributed by atoms with Crippen LogP contribution in [0.3, 0.4) is 0 Å². The summed E-state index contributed by atoms with van der Waals surface area (Å²) in [6.45, 7) is 4.51. The van der Waals surface area contributed by atoms with Crippen molar-refractivity contribution in [1.82, 2.24) is 5.32 Å². The Morgan fingerprint density at radius 2 is 1.60 bits per heavy atom. The molecule has 3 N–H and O–H groups in total. The van der Waals surface area contributed by atoms with E-state index in [0.717, 1.165) is 24.3 Å². The lowest BCUT2D eigenvalue weighted by molar-refractivity contribution is -0.119. The van der Waals surface area contributed by atoms with Gasteiger partial charge in [0.05, 0.1) is 0 Å². The number of nitrogens with one attached hydrogen (secondary N) is 3. The molecule has 20 heavy (non-hydrogen) atoms. The van der Waals surface area contributed by atoms with Crippen LogP contribution in [-0.2, 0) is 9.59 Å². The van der Waals surface area contributed by atoms with Gasteiger partial charge in [-0.1, -0.05) is 13.8 Å². The Labute approximate surface area is 120 Å². The molecule has 0 atom stereocenters. The topological polar surface area (TPSA) is 70.2 Å². The molecule has 110 valence electrons. The molecule has 0 saturated heterocycles. The Balaban J connectivity index is 2.46. The standard InChI is InChI=1S/C15H23N3O2/c1-11(2)15(20)18-13-8-6-12(7-9-13)17-14(19)5-4-10-16-3/h6-9,11,16H,4-5,10H2,1-3H3,(H,17,19)(H,18,20). The molecule has 0 aliphatic heterocycles. The molecular weight excluding hydrogens is 254 g/mol. The SMILES string of the molecule is CNCCCC(=O)Nc1ccc(NC(=O)C(C)C)cc1. The van der Waals surface area contributed by atoms with Gasteiger partial charge in [-0.3, -0.25) is 9.59 Å². The van der Waals surface area contributed by atoms with Gasteiger partial charge in [0, 0.05) is 23.7 Å². The summed E-state index contributed by atoms with van der Waals surface area (Å²) < 4.78 is 0. The van der Waals surface area contributed by atoms with Gasteiger partial charge >= 0.3 is 0 Å². The first-order valence-electron chi connectivity index (χ1n) is 6.88. The van der Waals surface area contributed by atoms with E-state index in [1.807, 2.05) is 20.9 Å². The lowest BCUT2D eigenvalue weighted by atomic mass is 10.2. The van der Waals surface area contributed by atoms with Crippen molar-refractivity contribution >= 4 is 23.2 Å². The molecule has 0 aromatic heterocycles. The fourth-order valence-electron chi connectivity index (χ4n) is 1.57. The largest absolute Gasteiger partial charge is 0.326 e. The van der Waals surface area contributed by atoms with Crippen molar-refractivity contribution in [3.8, 4) is 0 Å². The number of amides is 2. The zero-order valence-electron chi connectivity index (χ0n) is 12.3. The number of carbonyl (C=O) groups is 2. The molecule has 2 amide bonds. The van der Waals surface area contributed by atoms with Crippen LogP contribution < -0.4 is 16.0 Å². The highest BCUT2D eigenvalue weighted by atomic mass is 16.2. The Kier molecular flexibility index (Phi) is 6.73. The lowest BCUT2D eigenvalue weighted by Gasteiger charge is -2.09. The maximum Gasteiger partial charge on any atom is 0.226 e. The van der Waals surface area contributed by atoms with Crippen LogP contribution in [0.4, 0.5) is 11.4 Å². The third-order valence-corrected chi connectivity index (χ3v) is 2.79. The molecule has 5 nitrogen and oxygen atoms in total. The van der Waals surface area contributed by atoms with Crippen molar-refractivity contribution in [1.29, 1.82) is 0 Å². The third kappa shape index (κ3) is 5.84. The van der Waals surface area contributed by atoms with Crippen molar-refractivity contribution < 1.29 is 9.59 Å². The Morgan fingerprint density at radius 1 is 1.05 bits per heavy atom. The summed E-state index contributed by atoms with van der Waals surface area (Å²) in [4.78, 5) is 23.2. The van der Waals surface area contributed by atoms with Crippen LogP contribution in [0.15, 0.2) is 24.3 Å². The molecule has 0 heterocycles. The predicted molar refractivity (Wildman–Crippen MR) is 81.7 cm³/mol. The monoisotopic (exact) mass is 277 g/mol. The van der Waals surface area contributed by atoms with Crippen LogP contribution in [0.2, 0.25) is 0 Å². The molecule has 0 spiro atoms. The Bertz CT molecular complexity index is 441. The fourth-order valence-corrected chi connectivity index (χ4v) is 1.57. The van der Waals surface area contributed by atoms with Crippen LogP contribution in [0.25, 0.3) is 0 Å². The van der Waals surface area contributed by atoms with Crippen molar-refractivity contribution in [3.05, 3.63) is 24.3 Å². The number of anilines is 2. The minimum atomic E-state index is -0.0541.